The van der Waals surface area contributed by atoms with E-state index >= 15 is 0 Å². The van der Waals surface area contributed by atoms with Gasteiger partial charge in [-0.25, -0.2) is 0 Å². The summed E-state index contributed by atoms with van der Waals surface area (Å²) in [6.07, 6.45) is 0. The van der Waals surface area contributed by atoms with Gasteiger partial charge < -0.3 is 11.1 Å². The Morgan fingerprint density at radius 1 is 1.38 bits per heavy atom. The lowest BCUT2D eigenvalue weighted by atomic mass is 10.1. The summed E-state index contributed by atoms with van der Waals surface area (Å²) < 4.78 is 0. The highest BCUT2D eigenvalue weighted by Crippen LogP contribution is 2.01. The first-order valence-electron chi connectivity index (χ1n) is 4.24. The fourth-order valence-corrected chi connectivity index (χ4v) is 0.978. The summed E-state index contributed by atoms with van der Waals surface area (Å²) >= 11 is 0. The zero-order chi connectivity index (χ0) is 9.68. The van der Waals surface area contributed by atoms with Gasteiger partial charge in [0.25, 0.3) is 0 Å². The molecule has 3 nitrogen and oxygen atoms in total. The second-order valence-corrected chi connectivity index (χ2v) is 2.95. The van der Waals surface area contributed by atoms with Gasteiger partial charge in [-0.3, -0.25) is 4.99 Å². The minimum atomic E-state index is 0.473. The Hall–Kier alpha value is -1.51. The van der Waals surface area contributed by atoms with Crippen molar-refractivity contribution in [2.24, 2.45) is 10.7 Å². The van der Waals surface area contributed by atoms with Crippen LogP contribution in [-0.4, -0.2) is 13.0 Å². The van der Waals surface area contributed by atoms with Crippen LogP contribution in [0.5, 0.6) is 0 Å². The molecular weight excluding hydrogens is 162 g/mol. The zero-order valence-corrected chi connectivity index (χ0v) is 8.04. The smallest absolute Gasteiger partial charge is 0.188 e. The van der Waals surface area contributed by atoms with Crippen LogP contribution in [0.15, 0.2) is 29.3 Å². The number of aryl methyl sites for hydroxylation is 1. The first kappa shape index (κ1) is 9.58. The molecule has 1 aromatic carbocycles. The Morgan fingerprint density at radius 2 is 2.00 bits per heavy atom. The van der Waals surface area contributed by atoms with Crippen LogP contribution in [0, 0.1) is 6.92 Å². The van der Waals surface area contributed by atoms with Gasteiger partial charge in [0.15, 0.2) is 5.96 Å². The van der Waals surface area contributed by atoms with Crippen molar-refractivity contribution in [2.75, 3.05) is 7.05 Å². The molecule has 1 aromatic rings. The average Bonchev–Trinajstić information content (AvgIpc) is 2.16. The number of hydrogen-bond donors (Lipinski definition) is 2. The SMILES string of the molecule is CN=C(N)NCc1ccc(C)cc1. The molecule has 0 atom stereocenters. The van der Waals surface area contributed by atoms with Crippen LogP contribution in [0.1, 0.15) is 11.1 Å². The van der Waals surface area contributed by atoms with Crippen LogP contribution >= 0.6 is 0 Å². The Morgan fingerprint density at radius 3 is 2.54 bits per heavy atom. The Balaban J connectivity index is 2.51. The number of benzene rings is 1. The molecule has 0 aliphatic carbocycles. The van der Waals surface area contributed by atoms with Gasteiger partial charge in [-0.05, 0) is 12.5 Å². The van der Waals surface area contributed by atoms with Gasteiger partial charge in [0, 0.05) is 13.6 Å². The van der Waals surface area contributed by atoms with Crippen molar-refractivity contribution in [3.8, 4) is 0 Å². The number of guanidine groups is 1. The van der Waals surface area contributed by atoms with Gasteiger partial charge in [0.2, 0.25) is 0 Å². The van der Waals surface area contributed by atoms with Gasteiger partial charge in [-0.2, -0.15) is 0 Å². The number of nitrogens with zero attached hydrogens (tertiary/aromatic N) is 1. The van der Waals surface area contributed by atoms with Crippen LogP contribution in [-0.2, 0) is 6.54 Å². The van der Waals surface area contributed by atoms with Crippen molar-refractivity contribution < 1.29 is 0 Å². The fraction of sp³-hybridized carbons (Fsp3) is 0.300. The van der Waals surface area contributed by atoms with E-state index in [4.69, 9.17) is 5.73 Å². The van der Waals surface area contributed by atoms with E-state index in [1.165, 1.54) is 11.1 Å². The number of nitrogens with two attached hydrogens (primary N) is 1. The minimum Gasteiger partial charge on any atom is -0.370 e. The van der Waals surface area contributed by atoms with E-state index in [1.54, 1.807) is 7.05 Å². The highest BCUT2D eigenvalue weighted by molar-refractivity contribution is 5.77. The van der Waals surface area contributed by atoms with E-state index in [2.05, 4.69) is 41.5 Å². The van der Waals surface area contributed by atoms with Crippen molar-refractivity contribution in [3.05, 3.63) is 35.4 Å². The minimum absolute atomic E-state index is 0.473. The summed E-state index contributed by atoms with van der Waals surface area (Å²) in [6.45, 7) is 2.79. The molecule has 0 saturated heterocycles. The van der Waals surface area contributed by atoms with Crippen LogP contribution in [0.4, 0.5) is 0 Å². The monoisotopic (exact) mass is 177 g/mol. The zero-order valence-electron chi connectivity index (χ0n) is 8.04. The molecule has 13 heavy (non-hydrogen) atoms. The first-order chi connectivity index (χ1) is 6.22. The molecule has 0 unspecified atom stereocenters. The highest BCUT2D eigenvalue weighted by atomic mass is 15.1. The molecule has 0 aliphatic rings. The van der Waals surface area contributed by atoms with Crippen LogP contribution in [0.3, 0.4) is 0 Å². The Kier molecular flexibility index (Phi) is 3.31. The summed E-state index contributed by atoms with van der Waals surface area (Å²) in [5.41, 5.74) is 7.96. The maximum atomic E-state index is 5.49. The van der Waals surface area contributed by atoms with Crippen LogP contribution in [0.2, 0.25) is 0 Å². The summed E-state index contributed by atoms with van der Waals surface area (Å²) in [5.74, 6) is 0.473. The van der Waals surface area contributed by atoms with E-state index < -0.39 is 0 Å². The predicted octanol–water partition coefficient (Wildman–Crippen LogP) is 1.03. The van der Waals surface area contributed by atoms with E-state index in [0.29, 0.717) is 5.96 Å². The van der Waals surface area contributed by atoms with Gasteiger partial charge in [-0.15, -0.1) is 0 Å². The normalized spacial score (nSPS) is 11.4. The molecule has 0 aliphatic heterocycles. The third-order valence-electron chi connectivity index (χ3n) is 1.84. The second kappa shape index (κ2) is 4.50. The van der Waals surface area contributed by atoms with Gasteiger partial charge >= 0.3 is 0 Å². The highest BCUT2D eigenvalue weighted by Gasteiger charge is 1.92. The molecular formula is C10H15N3. The topological polar surface area (TPSA) is 50.4 Å². The first-order valence-corrected chi connectivity index (χ1v) is 4.24. The molecule has 70 valence electrons. The third kappa shape index (κ3) is 3.15. The third-order valence-corrected chi connectivity index (χ3v) is 1.84. The summed E-state index contributed by atoms with van der Waals surface area (Å²) in [5, 5.41) is 3.00. The molecule has 1 rings (SSSR count). The maximum absolute atomic E-state index is 5.49. The van der Waals surface area contributed by atoms with Crippen molar-refractivity contribution in [2.45, 2.75) is 13.5 Å². The Labute approximate surface area is 78.7 Å². The van der Waals surface area contributed by atoms with E-state index in [9.17, 15) is 0 Å². The average molecular weight is 177 g/mol. The van der Waals surface area contributed by atoms with Crippen molar-refractivity contribution in [1.29, 1.82) is 0 Å². The standard InChI is InChI=1S/C10H15N3/c1-8-3-5-9(6-4-8)7-13-10(11)12-2/h3-6H,7H2,1-2H3,(H3,11,12,13). The molecule has 0 aromatic heterocycles. The molecule has 0 bridgehead atoms. The molecule has 3 N–H and O–H groups in total. The summed E-state index contributed by atoms with van der Waals surface area (Å²) in [6, 6.07) is 8.31. The van der Waals surface area contributed by atoms with Crippen LogP contribution < -0.4 is 11.1 Å². The molecule has 0 radical (unpaired) electrons. The summed E-state index contributed by atoms with van der Waals surface area (Å²) in [4.78, 5) is 3.80. The number of rotatable bonds is 2. The number of aliphatic imine (C=N–C) groups is 1. The number of nitrogens with one attached hydrogen (secondary N) is 1. The van der Waals surface area contributed by atoms with E-state index in [1.807, 2.05) is 0 Å². The molecule has 0 spiro atoms. The second-order valence-electron chi connectivity index (χ2n) is 2.95. The predicted molar refractivity (Wildman–Crippen MR) is 55.6 cm³/mol. The summed E-state index contributed by atoms with van der Waals surface area (Å²) in [7, 11) is 1.66. The van der Waals surface area contributed by atoms with E-state index in [0.717, 1.165) is 6.54 Å². The molecule has 0 amide bonds. The Bertz CT molecular complexity index is 288. The van der Waals surface area contributed by atoms with Crippen molar-refractivity contribution in [1.82, 2.24) is 5.32 Å². The molecule has 0 saturated carbocycles. The lowest BCUT2D eigenvalue weighted by molar-refractivity contribution is 0.900. The molecule has 0 heterocycles. The largest absolute Gasteiger partial charge is 0.370 e. The van der Waals surface area contributed by atoms with Gasteiger partial charge in [-0.1, -0.05) is 29.8 Å². The lowest BCUT2D eigenvalue weighted by Crippen LogP contribution is -2.30. The lowest BCUT2D eigenvalue weighted by Gasteiger charge is -2.04. The van der Waals surface area contributed by atoms with Gasteiger partial charge in [0.05, 0.1) is 0 Å². The molecule has 0 fully saturated rings. The maximum Gasteiger partial charge on any atom is 0.188 e. The van der Waals surface area contributed by atoms with Gasteiger partial charge in [0.1, 0.15) is 0 Å². The molecule has 3 heteroatoms. The van der Waals surface area contributed by atoms with Crippen molar-refractivity contribution in [3.63, 3.8) is 0 Å². The quantitative estimate of drug-likeness (QED) is 0.523. The number of hydrogen-bond acceptors (Lipinski definition) is 1. The van der Waals surface area contributed by atoms with Crippen molar-refractivity contribution >= 4 is 5.96 Å². The van der Waals surface area contributed by atoms with E-state index in [-0.39, 0.29) is 0 Å². The fourth-order valence-electron chi connectivity index (χ4n) is 0.978. The van der Waals surface area contributed by atoms with Crippen LogP contribution in [0.25, 0.3) is 0 Å².